The molecule has 1 aromatic heterocycles. The van der Waals surface area contributed by atoms with Crippen LogP contribution in [0.15, 0.2) is 21.3 Å². The Morgan fingerprint density at radius 2 is 1.91 bits per heavy atom. The number of Topliss-reactive ketones (excluding diaryl/α,β-unsaturated/α-hetero) is 1. The van der Waals surface area contributed by atoms with Crippen molar-refractivity contribution in [3.05, 3.63) is 39.2 Å². The molecule has 0 saturated carbocycles. The molecule has 2 aromatic rings. The highest BCUT2D eigenvalue weighted by Gasteiger charge is 2.16. The monoisotopic (exact) mass is 316 g/mol. The maximum atomic E-state index is 12.2. The van der Waals surface area contributed by atoms with Gasteiger partial charge in [0.15, 0.2) is 0 Å². The van der Waals surface area contributed by atoms with Crippen LogP contribution in [0.5, 0.6) is 5.75 Å². The van der Waals surface area contributed by atoms with E-state index in [-0.39, 0.29) is 12.2 Å². The molecule has 1 aromatic carbocycles. The van der Waals surface area contributed by atoms with Crippen molar-refractivity contribution in [1.29, 1.82) is 0 Å². The van der Waals surface area contributed by atoms with E-state index in [2.05, 4.69) is 6.92 Å². The zero-order chi connectivity index (χ0) is 17.0. The van der Waals surface area contributed by atoms with Gasteiger partial charge >= 0.3 is 5.63 Å². The lowest BCUT2D eigenvalue weighted by molar-refractivity contribution is -0.116. The molecule has 0 saturated heterocycles. The Bertz CT molecular complexity index is 771. The number of fused-ring (bicyclic) bond motifs is 1. The van der Waals surface area contributed by atoms with Gasteiger partial charge in [0.25, 0.3) is 0 Å². The molecule has 0 fully saturated rings. The van der Waals surface area contributed by atoms with Crippen LogP contribution < -0.4 is 10.4 Å². The van der Waals surface area contributed by atoms with Crippen molar-refractivity contribution in [2.45, 2.75) is 53.4 Å². The van der Waals surface area contributed by atoms with Gasteiger partial charge in [-0.25, -0.2) is 4.79 Å². The predicted octanol–water partition coefficient (Wildman–Crippen LogP) is 4.11. The SMILES string of the molecule is CCCCCOc1ccc2c(C)c(CC(C)=O)c(=O)oc2c1C. The van der Waals surface area contributed by atoms with Crippen LogP contribution in [0, 0.1) is 13.8 Å². The number of ketones is 1. The lowest BCUT2D eigenvalue weighted by atomic mass is 10.0. The number of ether oxygens (including phenoxy) is 1. The first-order valence-electron chi connectivity index (χ1n) is 8.13. The third-order valence-corrected chi connectivity index (χ3v) is 4.09. The van der Waals surface area contributed by atoms with E-state index in [0.717, 1.165) is 41.5 Å². The summed E-state index contributed by atoms with van der Waals surface area (Å²) in [4.78, 5) is 23.5. The molecule has 4 heteroatoms. The predicted molar refractivity (Wildman–Crippen MR) is 91.4 cm³/mol. The van der Waals surface area contributed by atoms with Crippen molar-refractivity contribution in [1.82, 2.24) is 0 Å². The third kappa shape index (κ3) is 3.81. The summed E-state index contributed by atoms with van der Waals surface area (Å²) in [6.45, 7) is 8.04. The summed E-state index contributed by atoms with van der Waals surface area (Å²) >= 11 is 0. The maximum absolute atomic E-state index is 12.2. The highest BCUT2D eigenvalue weighted by atomic mass is 16.5. The minimum atomic E-state index is -0.434. The molecule has 124 valence electrons. The number of hydrogen-bond donors (Lipinski definition) is 0. The average molecular weight is 316 g/mol. The van der Waals surface area contributed by atoms with Crippen molar-refractivity contribution in [3.63, 3.8) is 0 Å². The lowest BCUT2D eigenvalue weighted by Gasteiger charge is -2.13. The van der Waals surface area contributed by atoms with Crippen molar-refractivity contribution in [3.8, 4) is 5.75 Å². The van der Waals surface area contributed by atoms with Crippen LogP contribution in [0.3, 0.4) is 0 Å². The first-order chi connectivity index (χ1) is 11.0. The van der Waals surface area contributed by atoms with E-state index in [9.17, 15) is 9.59 Å². The molecule has 0 radical (unpaired) electrons. The van der Waals surface area contributed by atoms with E-state index in [1.807, 2.05) is 26.0 Å². The molecule has 0 spiro atoms. The molecular formula is C19H24O4. The van der Waals surface area contributed by atoms with Crippen LogP contribution in [0.4, 0.5) is 0 Å². The van der Waals surface area contributed by atoms with Crippen molar-refractivity contribution < 1.29 is 13.9 Å². The molecule has 0 aliphatic heterocycles. The van der Waals surface area contributed by atoms with Gasteiger partial charge in [0.2, 0.25) is 0 Å². The Labute approximate surface area is 136 Å². The molecule has 0 atom stereocenters. The number of rotatable bonds is 7. The van der Waals surface area contributed by atoms with Gasteiger partial charge in [-0.3, -0.25) is 4.79 Å². The van der Waals surface area contributed by atoms with Crippen molar-refractivity contribution >= 4 is 16.8 Å². The second kappa shape index (κ2) is 7.44. The quantitative estimate of drug-likeness (QED) is 0.570. The molecule has 4 nitrogen and oxygen atoms in total. The molecule has 0 aliphatic carbocycles. The Morgan fingerprint density at radius 1 is 1.17 bits per heavy atom. The number of hydrogen-bond acceptors (Lipinski definition) is 4. The summed E-state index contributed by atoms with van der Waals surface area (Å²) in [7, 11) is 0. The Balaban J connectivity index is 2.42. The zero-order valence-electron chi connectivity index (χ0n) is 14.3. The van der Waals surface area contributed by atoms with E-state index < -0.39 is 5.63 Å². The standard InChI is InChI=1S/C19H24O4/c1-5-6-7-10-22-17-9-8-15-13(3)16(11-12(2)20)19(21)23-18(15)14(17)4/h8-9H,5-7,10-11H2,1-4H3. The Kier molecular flexibility index (Phi) is 5.59. The fraction of sp³-hybridized carbons (Fsp3) is 0.474. The summed E-state index contributed by atoms with van der Waals surface area (Å²) in [5, 5.41) is 0.860. The summed E-state index contributed by atoms with van der Waals surface area (Å²) in [6.07, 6.45) is 3.40. The van der Waals surface area contributed by atoms with E-state index in [0.29, 0.717) is 17.8 Å². The first-order valence-corrected chi connectivity index (χ1v) is 8.13. The zero-order valence-corrected chi connectivity index (χ0v) is 14.3. The molecule has 1 heterocycles. The summed E-state index contributed by atoms with van der Waals surface area (Å²) in [5.74, 6) is 0.697. The van der Waals surface area contributed by atoms with Crippen molar-refractivity contribution in [2.24, 2.45) is 0 Å². The maximum Gasteiger partial charge on any atom is 0.340 e. The van der Waals surface area contributed by atoms with Gasteiger partial charge in [-0.15, -0.1) is 0 Å². The average Bonchev–Trinajstić information content (AvgIpc) is 2.50. The minimum Gasteiger partial charge on any atom is -0.493 e. The molecule has 0 unspecified atom stereocenters. The fourth-order valence-electron chi connectivity index (χ4n) is 2.71. The third-order valence-electron chi connectivity index (χ3n) is 4.09. The van der Waals surface area contributed by atoms with Gasteiger partial charge in [0.05, 0.1) is 6.61 Å². The number of benzene rings is 1. The Morgan fingerprint density at radius 3 is 2.57 bits per heavy atom. The van der Waals surface area contributed by atoms with Gasteiger partial charge < -0.3 is 9.15 Å². The molecule has 2 rings (SSSR count). The smallest absolute Gasteiger partial charge is 0.340 e. The second-order valence-electron chi connectivity index (χ2n) is 5.99. The van der Waals surface area contributed by atoms with Crippen LogP contribution in [0.2, 0.25) is 0 Å². The van der Waals surface area contributed by atoms with Gasteiger partial charge in [0.1, 0.15) is 17.1 Å². The van der Waals surface area contributed by atoms with E-state index >= 15 is 0 Å². The van der Waals surface area contributed by atoms with Gasteiger partial charge in [-0.05, 0) is 44.9 Å². The van der Waals surface area contributed by atoms with Gasteiger partial charge in [-0.2, -0.15) is 0 Å². The van der Waals surface area contributed by atoms with E-state index in [1.54, 1.807) is 0 Å². The molecule has 0 N–H and O–H groups in total. The number of unbranched alkanes of at least 4 members (excludes halogenated alkanes) is 2. The van der Waals surface area contributed by atoms with Crippen LogP contribution in [0.25, 0.3) is 11.0 Å². The largest absolute Gasteiger partial charge is 0.493 e. The summed E-state index contributed by atoms with van der Waals surface area (Å²) < 4.78 is 11.3. The molecule has 0 amide bonds. The molecule has 0 aliphatic rings. The molecular weight excluding hydrogens is 292 g/mol. The second-order valence-corrected chi connectivity index (χ2v) is 5.99. The van der Waals surface area contributed by atoms with Crippen molar-refractivity contribution in [2.75, 3.05) is 6.61 Å². The molecule has 0 bridgehead atoms. The summed E-state index contributed by atoms with van der Waals surface area (Å²) in [5.41, 5.74) is 2.20. The van der Waals surface area contributed by atoms with E-state index in [4.69, 9.17) is 9.15 Å². The number of carbonyl (C=O) groups excluding carboxylic acids is 1. The number of carbonyl (C=O) groups is 1. The topological polar surface area (TPSA) is 56.5 Å². The van der Waals surface area contributed by atoms with Crippen LogP contribution in [0.1, 0.15) is 49.8 Å². The fourth-order valence-corrected chi connectivity index (χ4v) is 2.71. The van der Waals surface area contributed by atoms with E-state index in [1.165, 1.54) is 6.92 Å². The first kappa shape index (κ1) is 17.3. The van der Waals surface area contributed by atoms with Gasteiger partial charge in [0, 0.05) is 22.9 Å². The van der Waals surface area contributed by atoms with Crippen LogP contribution in [-0.4, -0.2) is 12.4 Å². The van der Waals surface area contributed by atoms with Crippen LogP contribution in [-0.2, 0) is 11.2 Å². The highest BCUT2D eigenvalue weighted by Crippen LogP contribution is 2.29. The Hall–Kier alpha value is -2.10. The normalized spacial score (nSPS) is 11.0. The highest BCUT2D eigenvalue weighted by molar-refractivity contribution is 5.87. The van der Waals surface area contributed by atoms with Gasteiger partial charge in [-0.1, -0.05) is 19.8 Å². The minimum absolute atomic E-state index is 0.0488. The number of aryl methyl sites for hydroxylation is 2. The summed E-state index contributed by atoms with van der Waals surface area (Å²) in [6, 6.07) is 3.81. The molecule has 23 heavy (non-hydrogen) atoms. The lowest BCUT2D eigenvalue weighted by Crippen LogP contribution is -2.14. The van der Waals surface area contributed by atoms with Crippen LogP contribution >= 0.6 is 0 Å².